The molecule has 0 fully saturated rings. The quantitative estimate of drug-likeness (QED) is 0.189. The first kappa shape index (κ1) is 26.7. The fourth-order valence-electron chi connectivity index (χ4n) is 6.85. The Morgan fingerprint density at radius 2 is 1.02 bits per heavy atom. The lowest BCUT2D eigenvalue weighted by Gasteiger charge is -2.28. The van der Waals surface area contributed by atoms with Crippen LogP contribution in [0.4, 0.5) is 17.1 Å². The van der Waals surface area contributed by atoms with Crippen molar-refractivity contribution < 1.29 is 0 Å². The van der Waals surface area contributed by atoms with Crippen molar-refractivity contribution in [1.82, 2.24) is 0 Å². The van der Waals surface area contributed by atoms with Gasteiger partial charge < -0.3 is 4.90 Å². The van der Waals surface area contributed by atoms with Crippen LogP contribution in [0, 0.1) is 0 Å². The molecule has 0 saturated heterocycles. The number of thiophene rings is 1. The summed E-state index contributed by atoms with van der Waals surface area (Å²) in [6.07, 6.45) is 0. The number of benzene rings is 8. The molecule has 216 valence electrons. The van der Waals surface area contributed by atoms with Gasteiger partial charge in [-0.15, -0.1) is 11.3 Å². The van der Waals surface area contributed by atoms with E-state index in [0.29, 0.717) is 0 Å². The monoisotopic (exact) mass is 603 g/mol. The Hall–Kier alpha value is -5.70. The third kappa shape index (κ3) is 4.46. The third-order valence-electron chi connectivity index (χ3n) is 9.03. The van der Waals surface area contributed by atoms with E-state index in [2.05, 4.69) is 181 Å². The molecule has 0 radical (unpaired) electrons. The van der Waals surface area contributed by atoms with Crippen molar-refractivity contribution in [2.45, 2.75) is 0 Å². The highest BCUT2D eigenvalue weighted by Gasteiger charge is 2.21. The zero-order chi connectivity index (χ0) is 30.5. The first-order chi connectivity index (χ1) is 22.8. The van der Waals surface area contributed by atoms with Crippen LogP contribution in [-0.2, 0) is 0 Å². The smallest absolute Gasteiger partial charge is 0.0547 e. The van der Waals surface area contributed by atoms with Gasteiger partial charge in [0.2, 0.25) is 0 Å². The first-order valence-corrected chi connectivity index (χ1v) is 16.5. The van der Waals surface area contributed by atoms with Gasteiger partial charge in [-0.05, 0) is 69.4 Å². The van der Waals surface area contributed by atoms with Crippen molar-refractivity contribution in [3.05, 3.63) is 176 Å². The van der Waals surface area contributed by atoms with Gasteiger partial charge in [-0.2, -0.15) is 0 Å². The topological polar surface area (TPSA) is 3.24 Å². The fourth-order valence-corrected chi connectivity index (χ4v) is 8.10. The number of fused-ring (bicyclic) bond motifs is 6. The van der Waals surface area contributed by atoms with Crippen LogP contribution >= 0.6 is 11.3 Å². The lowest BCUT2D eigenvalue weighted by atomic mass is 9.97. The molecule has 0 bridgehead atoms. The molecule has 0 unspecified atom stereocenters. The standard InChI is InChI=1S/C44H29NS/c1-3-12-30(13-4-1)32-22-25-35(26-23-32)45(36-27-24-31-14-7-8-17-34(31)28-36)41-29-40-43-37(33-15-5-2-6-16-33)20-11-21-42(43)46-44(40)39-19-10-9-18-38(39)41/h1-29H. The molecule has 9 rings (SSSR count). The molecular formula is C44H29NS. The van der Waals surface area contributed by atoms with E-state index in [1.165, 1.54) is 69.7 Å². The van der Waals surface area contributed by atoms with E-state index in [1.54, 1.807) is 0 Å². The number of anilines is 3. The summed E-state index contributed by atoms with van der Waals surface area (Å²) in [6, 6.07) is 63.9. The highest BCUT2D eigenvalue weighted by atomic mass is 32.1. The molecule has 0 saturated carbocycles. The number of nitrogens with zero attached hydrogens (tertiary/aromatic N) is 1. The van der Waals surface area contributed by atoms with E-state index in [4.69, 9.17) is 0 Å². The predicted octanol–water partition coefficient (Wildman–Crippen LogP) is 13.2. The van der Waals surface area contributed by atoms with E-state index < -0.39 is 0 Å². The summed E-state index contributed by atoms with van der Waals surface area (Å²) >= 11 is 1.89. The van der Waals surface area contributed by atoms with Crippen molar-refractivity contribution in [1.29, 1.82) is 0 Å². The SMILES string of the molecule is c1ccc(-c2ccc(N(c3ccc4ccccc4c3)c3cc4c(sc5cccc(-c6ccccc6)c54)c4ccccc34)cc2)cc1. The van der Waals surface area contributed by atoms with Gasteiger partial charge in [0.15, 0.2) is 0 Å². The number of hydrogen-bond donors (Lipinski definition) is 0. The molecule has 0 aliphatic rings. The fraction of sp³-hybridized carbons (Fsp3) is 0. The molecule has 1 nitrogen and oxygen atoms in total. The summed E-state index contributed by atoms with van der Waals surface area (Å²) in [5.41, 5.74) is 8.38. The zero-order valence-corrected chi connectivity index (χ0v) is 25.9. The Balaban J connectivity index is 1.34. The molecule has 8 aromatic carbocycles. The zero-order valence-electron chi connectivity index (χ0n) is 25.1. The molecular weight excluding hydrogens is 575 g/mol. The highest BCUT2D eigenvalue weighted by Crippen LogP contribution is 2.48. The maximum Gasteiger partial charge on any atom is 0.0547 e. The van der Waals surface area contributed by atoms with Crippen LogP contribution in [0.2, 0.25) is 0 Å². The van der Waals surface area contributed by atoms with Crippen molar-refractivity contribution in [3.8, 4) is 22.3 Å². The molecule has 2 heteroatoms. The number of hydrogen-bond acceptors (Lipinski definition) is 2. The van der Waals surface area contributed by atoms with Crippen LogP contribution in [0.25, 0.3) is 64.0 Å². The van der Waals surface area contributed by atoms with Gasteiger partial charge in [0.25, 0.3) is 0 Å². The van der Waals surface area contributed by atoms with Gasteiger partial charge in [-0.3, -0.25) is 0 Å². The van der Waals surface area contributed by atoms with Crippen LogP contribution in [0.5, 0.6) is 0 Å². The van der Waals surface area contributed by atoms with Gasteiger partial charge in [0.05, 0.1) is 5.69 Å². The lowest BCUT2D eigenvalue weighted by molar-refractivity contribution is 1.31. The molecule has 1 heterocycles. The maximum absolute atomic E-state index is 2.44. The average molecular weight is 604 g/mol. The van der Waals surface area contributed by atoms with Gasteiger partial charge in [0.1, 0.15) is 0 Å². The highest BCUT2D eigenvalue weighted by molar-refractivity contribution is 7.26. The molecule has 0 spiro atoms. The molecule has 9 aromatic rings. The van der Waals surface area contributed by atoms with Crippen LogP contribution in [0.1, 0.15) is 0 Å². The van der Waals surface area contributed by atoms with Crippen LogP contribution < -0.4 is 4.90 Å². The Kier molecular flexibility index (Phi) is 6.40. The Morgan fingerprint density at radius 3 is 1.80 bits per heavy atom. The number of rotatable bonds is 5. The van der Waals surface area contributed by atoms with Crippen molar-refractivity contribution >= 4 is 70.1 Å². The first-order valence-electron chi connectivity index (χ1n) is 15.7. The van der Waals surface area contributed by atoms with Crippen LogP contribution in [0.15, 0.2) is 176 Å². The minimum Gasteiger partial charge on any atom is -0.310 e. The normalized spacial score (nSPS) is 11.5. The second-order valence-corrected chi connectivity index (χ2v) is 12.8. The summed E-state index contributed by atoms with van der Waals surface area (Å²) in [5.74, 6) is 0. The lowest BCUT2D eigenvalue weighted by Crippen LogP contribution is -2.10. The molecule has 0 aliphatic carbocycles. The van der Waals surface area contributed by atoms with Gasteiger partial charge in [0, 0.05) is 42.3 Å². The Morgan fingerprint density at radius 1 is 0.391 bits per heavy atom. The third-order valence-corrected chi connectivity index (χ3v) is 10.2. The Bertz CT molecular complexity index is 2510. The van der Waals surface area contributed by atoms with E-state index >= 15 is 0 Å². The summed E-state index contributed by atoms with van der Waals surface area (Å²) in [5, 5.41) is 7.59. The summed E-state index contributed by atoms with van der Waals surface area (Å²) in [6.45, 7) is 0. The summed E-state index contributed by atoms with van der Waals surface area (Å²) < 4.78 is 2.64. The molecule has 1 aromatic heterocycles. The second-order valence-electron chi connectivity index (χ2n) is 11.7. The molecule has 46 heavy (non-hydrogen) atoms. The average Bonchev–Trinajstić information content (AvgIpc) is 3.52. The van der Waals surface area contributed by atoms with E-state index in [1.807, 2.05) is 11.3 Å². The van der Waals surface area contributed by atoms with E-state index in [-0.39, 0.29) is 0 Å². The van der Waals surface area contributed by atoms with Crippen molar-refractivity contribution in [2.24, 2.45) is 0 Å². The van der Waals surface area contributed by atoms with Gasteiger partial charge in [-0.1, -0.05) is 140 Å². The summed E-state index contributed by atoms with van der Waals surface area (Å²) in [7, 11) is 0. The molecule has 0 atom stereocenters. The van der Waals surface area contributed by atoms with Crippen LogP contribution in [0.3, 0.4) is 0 Å². The Labute approximate surface area is 272 Å². The molecule has 0 aliphatic heterocycles. The van der Waals surface area contributed by atoms with E-state index in [0.717, 1.165) is 11.4 Å². The summed E-state index contributed by atoms with van der Waals surface area (Å²) in [4.78, 5) is 2.44. The predicted molar refractivity (Wildman–Crippen MR) is 200 cm³/mol. The largest absolute Gasteiger partial charge is 0.310 e. The maximum atomic E-state index is 2.44. The van der Waals surface area contributed by atoms with Crippen molar-refractivity contribution in [3.63, 3.8) is 0 Å². The second kappa shape index (κ2) is 11.0. The van der Waals surface area contributed by atoms with E-state index in [9.17, 15) is 0 Å². The van der Waals surface area contributed by atoms with Gasteiger partial charge >= 0.3 is 0 Å². The minimum atomic E-state index is 1.13. The minimum absolute atomic E-state index is 1.13. The van der Waals surface area contributed by atoms with Gasteiger partial charge in [-0.25, -0.2) is 0 Å². The van der Waals surface area contributed by atoms with Crippen molar-refractivity contribution in [2.75, 3.05) is 4.90 Å². The molecule has 0 amide bonds. The molecule has 0 N–H and O–H groups in total. The van der Waals surface area contributed by atoms with Crippen LogP contribution in [-0.4, -0.2) is 0 Å².